The second-order valence-corrected chi connectivity index (χ2v) is 5.65. The molecule has 1 saturated heterocycles. The number of hydrogen-bond acceptors (Lipinski definition) is 2. The molecule has 0 aliphatic carbocycles. The van der Waals surface area contributed by atoms with Crippen LogP contribution in [0.4, 0.5) is 5.69 Å². The molecule has 1 N–H and O–H groups in total. The molecule has 86 valence electrons. The van der Waals surface area contributed by atoms with Crippen molar-refractivity contribution in [2.45, 2.75) is 19.4 Å². The Bertz CT molecular complexity index is 425. The first-order valence-corrected chi connectivity index (χ1v) is 6.51. The van der Waals surface area contributed by atoms with Gasteiger partial charge in [0.25, 0.3) is 0 Å². The number of aliphatic hydroxyl groups is 1. The zero-order valence-electron chi connectivity index (χ0n) is 8.70. The van der Waals surface area contributed by atoms with E-state index in [0.717, 1.165) is 20.2 Å². The Morgan fingerprint density at radius 1 is 1.38 bits per heavy atom. The van der Waals surface area contributed by atoms with Crippen LogP contribution in [0.5, 0.6) is 0 Å². The zero-order chi connectivity index (χ0) is 11.9. The van der Waals surface area contributed by atoms with Gasteiger partial charge in [-0.1, -0.05) is 0 Å². The number of aliphatic hydroxyl groups excluding tert-OH is 1. The lowest BCUT2D eigenvalue weighted by atomic mass is 10.2. The normalized spacial score (nSPS) is 20.6. The Hall–Kier alpha value is -0.390. The number of β-amino-alcohol motifs (C(OH)–C–C–N with tert-alkyl or cyclic N) is 1. The minimum Gasteiger partial charge on any atom is -0.391 e. The SMILES string of the molecule is Cc1cc(Br)c(N2CC(O)CC2=O)c(Br)c1. The number of benzene rings is 1. The van der Waals surface area contributed by atoms with Gasteiger partial charge in [-0.05, 0) is 56.5 Å². The van der Waals surface area contributed by atoms with Crippen LogP contribution < -0.4 is 4.90 Å². The van der Waals surface area contributed by atoms with Gasteiger partial charge in [0.2, 0.25) is 5.91 Å². The molecule has 1 heterocycles. The summed E-state index contributed by atoms with van der Waals surface area (Å²) in [4.78, 5) is 13.3. The minimum atomic E-state index is -0.562. The monoisotopic (exact) mass is 347 g/mol. The van der Waals surface area contributed by atoms with Gasteiger partial charge in [0.1, 0.15) is 0 Å². The molecule has 1 amide bonds. The van der Waals surface area contributed by atoms with Gasteiger partial charge in [0.15, 0.2) is 0 Å². The Kier molecular flexibility index (Phi) is 3.37. The van der Waals surface area contributed by atoms with Crippen molar-refractivity contribution < 1.29 is 9.90 Å². The number of carbonyl (C=O) groups excluding carboxylic acids is 1. The van der Waals surface area contributed by atoms with Crippen LogP contribution >= 0.6 is 31.9 Å². The predicted molar refractivity (Wildman–Crippen MR) is 69.6 cm³/mol. The number of amides is 1. The molecule has 1 aliphatic rings. The second-order valence-electron chi connectivity index (χ2n) is 3.94. The number of halogens is 2. The molecule has 16 heavy (non-hydrogen) atoms. The topological polar surface area (TPSA) is 40.5 Å². The molecule has 1 atom stereocenters. The molecule has 0 spiro atoms. The highest BCUT2D eigenvalue weighted by atomic mass is 79.9. The Balaban J connectivity index is 2.44. The highest BCUT2D eigenvalue weighted by molar-refractivity contribution is 9.11. The van der Waals surface area contributed by atoms with Gasteiger partial charge >= 0.3 is 0 Å². The minimum absolute atomic E-state index is 0.0437. The summed E-state index contributed by atoms with van der Waals surface area (Å²) in [5.74, 6) is -0.0437. The molecule has 3 nitrogen and oxygen atoms in total. The predicted octanol–water partition coefficient (Wildman–Crippen LogP) is 2.62. The molecule has 0 bridgehead atoms. The summed E-state index contributed by atoms with van der Waals surface area (Å²) in [6.45, 7) is 2.35. The summed E-state index contributed by atoms with van der Waals surface area (Å²) in [6.07, 6.45) is -0.361. The molecule has 2 rings (SSSR count). The summed E-state index contributed by atoms with van der Waals surface area (Å²) >= 11 is 6.90. The number of rotatable bonds is 1. The zero-order valence-corrected chi connectivity index (χ0v) is 11.9. The van der Waals surface area contributed by atoms with Crippen molar-refractivity contribution in [1.29, 1.82) is 0 Å². The van der Waals surface area contributed by atoms with E-state index >= 15 is 0 Å². The first-order chi connectivity index (χ1) is 7.49. The number of aryl methyl sites for hydroxylation is 1. The first-order valence-electron chi connectivity index (χ1n) is 4.93. The van der Waals surface area contributed by atoms with Gasteiger partial charge in [-0.25, -0.2) is 0 Å². The summed E-state index contributed by atoms with van der Waals surface area (Å²) in [5, 5.41) is 9.47. The fourth-order valence-corrected chi connectivity index (χ4v) is 3.70. The molecular formula is C11H11Br2NO2. The van der Waals surface area contributed by atoms with Crippen molar-refractivity contribution in [3.05, 3.63) is 26.6 Å². The van der Waals surface area contributed by atoms with Gasteiger partial charge in [-0.2, -0.15) is 0 Å². The molecule has 5 heteroatoms. The molecule has 1 fully saturated rings. The number of nitrogens with zero attached hydrogens (tertiary/aromatic N) is 1. The number of carbonyl (C=O) groups is 1. The molecule has 1 aliphatic heterocycles. The molecule has 0 aromatic heterocycles. The molecule has 0 saturated carbocycles. The van der Waals surface area contributed by atoms with E-state index in [2.05, 4.69) is 31.9 Å². The van der Waals surface area contributed by atoms with Crippen LogP contribution in [0.2, 0.25) is 0 Å². The van der Waals surface area contributed by atoms with E-state index in [1.54, 1.807) is 4.90 Å². The Morgan fingerprint density at radius 2 is 1.94 bits per heavy atom. The standard InChI is InChI=1S/C11H11Br2NO2/c1-6-2-8(12)11(9(13)3-6)14-5-7(15)4-10(14)16/h2-3,7,15H,4-5H2,1H3. The number of anilines is 1. The highest BCUT2D eigenvalue weighted by Gasteiger charge is 2.31. The van der Waals surface area contributed by atoms with Crippen LogP contribution in [-0.4, -0.2) is 23.7 Å². The third-order valence-electron chi connectivity index (χ3n) is 2.54. The summed E-state index contributed by atoms with van der Waals surface area (Å²) in [5.41, 5.74) is 1.90. The Morgan fingerprint density at radius 3 is 2.38 bits per heavy atom. The van der Waals surface area contributed by atoms with Crippen molar-refractivity contribution in [3.8, 4) is 0 Å². The largest absolute Gasteiger partial charge is 0.391 e. The van der Waals surface area contributed by atoms with E-state index in [9.17, 15) is 9.90 Å². The van der Waals surface area contributed by atoms with Gasteiger partial charge in [-0.3, -0.25) is 4.79 Å². The van der Waals surface area contributed by atoms with Crippen LogP contribution in [0.25, 0.3) is 0 Å². The summed E-state index contributed by atoms with van der Waals surface area (Å²) in [7, 11) is 0. The van der Waals surface area contributed by atoms with Crippen LogP contribution in [-0.2, 0) is 4.79 Å². The van der Waals surface area contributed by atoms with Crippen molar-refractivity contribution >= 4 is 43.5 Å². The maximum atomic E-state index is 11.7. The summed E-state index contributed by atoms with van der Waals surface area (Å²) < 4.78 is 1.73. The fourth-order valence-electron chi connectivity index (χ4n) is 1.85. The lowest BCUT2D eigenvalue weighted by molar-refractivity contribution is -0.117. The van der Waals surface area contributed by atoms with Gasteiger partial charge < -0.3 is 10.0 Å². The van der Waals surface area contributed by atoms with E-state index < -0.39 is 6.10 Å². The number of hydrogen-bond donors (Lipinski definition) is 1. The van der Waals surface area contributed by atoms with E-state index in [4.69, 9.17) is 0 Å². The lowest BCUT2D eigenvalue weighted by Crippen LogP contribution is -2.26. The third-order valence-corrected chi connectivity index (χ3v) is 3.74. The third kappa shape index (κ3) is 2.17. The fraction of sp³-hybridized carbons (Fsp3) is 0.364. The van der Waals surface area contributed by atoms with Gasteiger partial charge in [-0.15, -0.1) is 0 Å². The van der Waals surface area contributed by atoms with E-state index in [1.807, 2.05) is 19.1 Å². The van der Waals surface area contributed by atoms with Crippen LogP contribution in [0.1, 0.15) is 12.0 Å². The quantitative estimate of drug-likeness (QED) is 0.847. The van der Waals surface area contributed by atoms with E-state index in [1.165, 1.54) is 0 Å². The van der Waals surface area contributed by atoms with Crippen molar-refractivity contribution in [2.24, 2.45) is 0 Å². The average molecular weight is 349 g/mol. The molecular weight excluding hydrogens is 338 g/mol. The average Bonchev–Trinajstić information content (AvgIpc) is 2.43. The van der Waals surface area contributed by atoms with E-state index in [0.29, 0.717) is 6.54 Å². The maximum Gasteiger partial charge on any atom is 0.229 e. The molecule has 1 aromatic carbocycles. The summed E-state index contributed by atoms with van der Waals surface area (Å²) in [6, 6.07) is 3.91. The smallest absolute Gasteiger partial charge is 0.229 e. The molecule has 1 unspecified atom stereocenters. The van der Waals surface area contributed by atoms with Crippen LogP contribution in [0, 0.1) is 6.92 Å². The van der Waals surface area contributed by atoms with Crippen molar-refractivity contribution in [1.82, 2.24) is 0 Å². The van der Waals surface area contributed by atoms with E-state index in [-0.39, 0.29) is 12.3 Å². The molecule has 0 radical (unpaired) electrons. The first kappa shape index (κ1) is 12.1. The van der Waals surface area contributed by atoms with Crippen molar-refractivity contribution in [3.63, 3.8) is 0 Å². The lowest BCUT2D eigenvalue weighted by Gasteiger charge is -2.19. The maximum absolute atomic E-state index is 11.7. The second kappa shape index (κ2) is 4.47. The van der Waals surface area contributed by atoms with Crippen LogP contribution in [0.15, 0.2) is 21.1 Å². The van der Waals surface area contributed by atoms with Crippen LogP contribution in [0.3, 0.4) is 0 Å². The highest BCUT2D eigenvalue weighted by Crippen LogP contribution is 2.37. The van der Waals surface area contributed by atoms with Gasteiger partial charge in [0.05, 0.1) is 24.8 Å². The van der Waals surface area contributed by atoms with Crippen molar-refractivity contribution in [2.75, 3.05) is 11.4 Å². The van der Waals surface area contributed by atoms with Gasteiger partial charge in [0, 0.05) is 8.95 Å². The Labute approximate surface area is 111 Å². The molecule has 1 aromatic rings.